The summed E-state index contributed by atoms with van der Waals surface area (Å²) in [6.07, 6.45) is 58.8. The van der Waals surface area contributed by atoms with Crippen LogP contribution in [0.1, 0.15) is 155 Å². The third kappa shape index (κ3) is 39.6. The summed E-state index contributed by atoms with van der Waals surface area (Å²) < 4.78 is 11.1. The average Bonchev–Trinajstić information content (AvgIpc) is 3.11. The molecule has 0 aromatic rings. The number of ether oxygens (including phenoxy) is 2. The van der Waals surface area contributed by atoms with E-state index in [4.69, 9.17) is 9.47 Å². The van der Waals surface area contributed by atoms with Gasteiger partial charge >= 0.3 is 5.97 Å². The lowest BCUT2D eigenvalue weighted by Gasteiger charge is -2.15. The molecule has 4 heteroatoms. The highest BCUT2D eigenvalue weighted by molar-refractivity contribution is 5.69. The zero-order valence-electron chi connectivity index (χ0n) is 31.7. The number of hydrogen-bond acceptors (Lipinski definition) is 4. The summed E-state index contributed by atoms with van der Waals surface area (Å²) >= 11 is 0. The number of esters is 1. The number of allylic oxidation sites excluding steroid dienone is 16. The molecule has 0 heterocycles. The lowest BCUT2D eigenvalue weighted by Crippen LogP contribution is -2.27. The first-order chi connectivity index (χ1) is 24.2. The van der Waals surface area contributed by atoms with Gasteiger partial charge in [-0.1, -0.05) is 150 Å². The van der Waals surface area contributed by atoms with Gasteiger partial charge in [-0.2, -0.15) is 0 Å². The standard InChI is InChI=1S/C45H74O4/c1-3-5-7-9-11-13-15-17-19-20-21-22-23-24-25-27-29-31-33-35-37-39-41-48-43-44(42-46)49-45(47)40-38-36-34-32-30-28-26-18-16-14-12-10-8-6-4-2/h5,7,11-14,17-19,21-22,24-26,29,31,44,46H,3-4,6,8-10,15-16,20,23,27-28,30,32-43H2,1-2H3/b7-5-,13-11-,14-12-,19-17-,22-21-,25-24-,26-18-,31-29-. The summed E-state index contributed by atoms with van der Waals surface area (Å²) in [4.78, 5) is 12.2. The average molecular weight is 679 g/mol. The van der Waals surface area contributed by atoms with Gasteiger partial charge in [0, 0.05) is 13.0 Å². The zero-order valence-corrected chi connectivity index (χ0v) is 31.7. The van der Waals surface area contributed by atoms with E-state index in [2.05, 4.69) is 111 Å². The number of aliphatic hydroxyl groups is 1. The Morgan fingerprint density at radius 2 is 0.918 bits per heavy atom. The van der Waals surface area contributed by atoms with Crippen LogP contribution in [0.4, 0.5) is 0 Å². The van der Waals surface area contributed by atoms with Crippen molar-refractivity contribution in [3.8, 4) is 0 Å². The quantitative estimate of drug-likeness (QED) is 0.0412. The Labute approximate surface area is 302 Å². The van der Waals surface area contributed by atoms with Crippen LogP contribution in [0.3, 0.4) is 0 Å². The molecule has 1 N–H and O–H groups in total. The van der Waals surface area contributed by atoms with Gasteiger partial charge in [-0.05, 0) is 96.3 Å². The molecule has 0 aliphatic heterocycles. The van der Waals surface area contributed by atoms with Crippen LogP contribution in [-0.4, -0.2) is 37.0 Å². The molecule has 0 amide bonds. The molecule has 1 unspecified atom stereocenters. The third-order valence-electron chi connectivity index (χ3n) is 7.89. The van der Waals surface area contributed by atoms with E-state index in [1.165, 1.54) is 38.5 Å². The topological polar surface area (TPSA) is 55.8 Å². The third-order valence-corrected chi connectivity index (χ3v) is 7.89. The monoisotopic (exact) mass is 679 g/mol. The number of carbonyl (C=O) groups is 1. The second-order valence-corrected chi connectivity index (χ2v) is 12.6. The predicted molar refractivity (Wildman–Crippen MR) is 214 cm³/mol. The minimum Gasteiger partial charge on any atom is -0.457 e. The van der Waals surface area contributed by atoms with Gasteiger partial charge in [0.2, 0.25) is 0 Å². The van der Waals surface area contributed by atoms with Gasteiger partial charge in [-0.3, -0.25) is 4.79 Å². The highest BCUT2D eigenvalue weighted by atomic mass is 16.6. The number of aliphatic hydroxyl groups excluding tert-OH is 1. The summed E-state index contributed by atoms with van der Waals surface area (Å²) in [7, 11) is 0. The fraction of sp³-hybridized carbons (Fsp3) is 0.622. The van der Waals surface area contributed by atoms with Crippen LogP contribution in [0.25, 0.3) is 0 Å². The van der Waals surface area contributed by atoms with Crippen molar-refractivity contribution >= 4 is 5.97 Å². The van der Waals surface area contributed by atoms with E-state index >= 15 is 0 Å². The van der Waals surface area contributed by atoms with Crippen LogP contribution < -0.4 is 0 Å². The zero-order chi connectivity index (χ0) is 35.6. The molecule has 0 aliphatic carbocycles. The molecular weight excluding hydrogens is 604 g/mol. The van der Waals surface area contributed by atoms with E-state index in [9.17, 15) is 9.90 Å². The van der Waals surface area contributed by atoms with Gasteiger partial charge in [-0.25, -0.2) is 0 Å². The van der Waals surface area contributed by atoms with Crippen LogP contribution in [0.15, 0.2) is 97.2 Å². The minimum atomic E-state index is -0.565. The number of hydrogen-bond donors (Lipinski definition) is 1. The first-order valence-electron chi connectivity index (χ1n) is 19.8. The van der Waals surface area contributed by atoms with Crippen molar-refractivity contribution < 1.29 is 19.4 Å². The Balaban J connectivity index is 3.60. The van der Waals surface area contributed by atoms with E-state index in [-0.39, 0.29) is 19.2 Å². The molecule has 0 spiro atoms. The van der Waals surface area contributed by atoms with Gasteiger partial charge in [0.1, 0.15) is 6.10 Å². The molecule has 4 nitrogen and oxygen atoms in total. The summed E-state index contributed by atoms with van der Waals surface area (Å²) in [6, 6.07) is 0. The van der Waals surface area contributed by atoms with Gasteiger partial charge in [-0.15, -0.1) is 0 Å². The van der Waals surface area contributed by atoms with E-state index in [0.717, 1.165) is 96.3 Å². The maximum absolute atomic E-state index is 12.2. The van der Waals surface area contributed by atoms with E-state index in [0.29, 0.717) is 13.0 Å². The molecule has 0 bridgehead atoms. The van der Waals surface area contributed by atoms with Crippen molar-refractivity contribution in [2.45, 2.75) is 161 Å². The van der Waals surface area contributed by atoms with Gasteiger partial charge < -0.3 is 14.6 Å². The molecule has 49 heavy (non-hydrogen) atoms. The maximum Gasteiger partial charge on any atom is 0.306 e. The number of rotatable bonds is 35. The van der Waals surface area contributed by atoms with Crippen molar-refractivity contribution in [3.63, 3.8) is 0 Å². The SMILES string of the molecule is CC/C=C\C/C=C\C/C=C\C/C=C\C/C=C\C/C=C\CCCCCOCC(CO)OC(=O)CCCCCCC/C=C\C/C=C\CCCCC. The number of carbonyl (C=O) groups excluding carboxylic acids is 1. The highest BCUT2D eigenvalue weighted by Gasteiger charge is 2.13. The Bertz CT molecular complexity index is 934. The molecule has 0 aromatic heterocycles. The summed E-state index contributed by atoms with van der Waals surface area (Å²) in [5, 5.41) is 9.57. The number of unbranched alkanes of at least 4 members (excludes halogenated alkanes) is 11. The fourth-order valence-electron chi connectivity index (χ4n) is 4.95. The summed E-state index contributed by atoms with van der Waals surface area (Å²) in [6.45, 7) is 5.09. The Morgan fingerprint density at radius 1 is 0.510 bits per heavy atom. The van der Waals surface area contributed by atoms with E-state index < -0.39 is 6.10 Å². The molecule has 0 saturated heterocycles. The van der Waals surface area contributed by atoms with Crippen molar-refractivity contribution in [3.05, 3.63) is 97.2 Å². The van der Waals surface area contributed by atoms with Crippen molar-refractivity contribution in [1.29, 1.82) is 0 Å². The van der Waals surface area contributed by atoms with Crippen molar-refractivity contribution in [1.82, 2.24) is 0 Å². The lowest BCUT2D eigenvalue weighted by molar-refractivity contribution is -0.154. The van der Waals surface area contributed by atoms with Crippen molar-refractivity contribution in [2.75, 3.05) is 19.8 Å². The molecule has 0 radical (unpaired) electrons. The molecule has 0 aliphatic rings. The minimum absolute atomic E-state index is 0.198. The molecule has 0 fully saturated rings. The Kier molecular flexibility index (Phi) is 39.2. The smallest absolute Gasteiger partial charge is 0.306 e. The van der Waals surface area contributed by atoms with Crippen LogP contribution in [-0.2, 0) is 14.3 Å². The van der Waals surface area contributed by atoms with Gasteiger partial charge in [0.05, 0.1) is 13.2 Å². The van der Waals surface area contributed by atoms with Crippen LogP contribution in [0.5, 0.6) is 0 Å². The molecule has 0 aromatic carbocycles. The molecule has 0 saturated carbocycles. The second-order valence-electron chi connectivity index (χ2n) is 12.6. The van der Waals surface area contributed by atoms with Crippen LogP contribution in [0.2, 0.25) is 0 Å². The largest absolute Gasteiger partial charge is 0.457 e. The van der Waals surface area contributed by atoms with Crippen LogP contribution in [0, 0.1) is 0 Å². The Morgan fingerprint density at radius 3 is 1.39 bits per heavy atom. The predicted octanol–water partition coefficient (Wildman–Crippen LogP) is 13.0. The summed E-state index contributed by atoms with van der Waals surface area (Å²) in [5.41, 5.74) is 0. The summed E-state index contributed by atoms with van der Waals surface area (Å²) in [5.74, 6) is -0.232. The van der Waals surface area contributed by atoms with Gasteiger partial charge in [0.15, 0.2) is 0 Å². The maximum atomic E-state index is 12.2. The van der Waals surface area contributed by atoms with Crippen molar-refractivity contribution in [2.24, 2.45) is 0 Å². The molecule has 1 atom stereocenters. The molecule has 278 valence electrons. The highest BCUT2D eigenvalue weighted by Crippen LogP contribution is 2.10. The molecular formula is C45H74O4. The Hall–Kier alpha value is -2.69. The van der Waals surface area contributed by atoms with Gasteiger partial charge in [0.25, 0.3) is 0 Å². The second kappa shape index (κ2) is 41.5. The first-order valence-corrected chi connectivity index (χ1v) is 19.8. The normalized spacial score (nSPS) is 13.4. The first kappa shape index (κ1) is 46.3. The van der Waals surface area contributed by atoms with E-state index in [1.54, 1.807) is 0 Å². The fourth-order valence-corrected chi connectivity index (χ4v) is 4.95. The molecule has 0 rings (SSSR count). The van der Waals surface area contributed by atoms with E-state index in [1.807, 2.05) is 0 Å². The van der Waals surface area contributed by atoms with Crippen LogP contribution >= 0.6 is 0 Å². The lowest BCUT2D eigenvalue weighted by atomic mass is 10.1.